The molecule has 1 amide bonds. The molecule has 7 nitrogen and oxygen atoms in total. The van der Waals surface area contributed by atoms with Crippen molar-refractivity contribution in [3.05, 3.63) is 69.7 Å². The number of aliphatic carboxylic acids is 1. The molecule has 3 aliphatic rings. The van der Waals surface area contributed by atoms with E-state index in [1.807, 2.05) is 22.8 Å². The van der Waals surface area contributed by atoms with E-state index >= 15 is 0 Å². The smallest absolute Gasteiger partial charge is 0.317 e. The molecule has 0 saturated carbocycles. The van der Waals surface area contributed by atoms with Crippen LogP contribution in [0.4, 0.5) is 8.78 Å². The lowest BCUT2D eigenvalue weighted by atomic mass is 9.87. The molecule has 0 radical (unpaired) electrons. The SMILES string of the molecule is Cc1ccc(F)c(C)c1.O=C(O)CN1CCN(C(=O)C2CN(C3CCOCC3)C[C@H]2c2ccc(Cl)cc2F)CC1. The summed E-state index contributed by atoms with van der Waals surface area (Å²) < 4.78 is 32.8. The van der Waals surface area contributed by atoms with Crippen LogP contribution in [0.25, 0.3) is 0 Å². The Hall–Kier alpha value is -2.59. The van der Waals surface area contributed by atoms with Crippen LogP contribution in [0.1, 0.15) is 35.4 Å². The van der Waals surface area contributed by atoms with Crippen molar-refractivity contribution in [2.75, 3.05) is 59.0 Å². The van der Waals surface area contributed by atoms with Gasteiger partial charge in [0.05, 0.1) is 12.5 Å². The molecule has 3 aliphatic heterocycles. The van der Waals surface area contributed by atoms with Crippen LogP contribution in [0.2, 0.25) is 5.02 Å². The molecule has 218 valence electrons. The van der Waals surface area contributed by atoms with Crippen LogP contribution in [-0.4, -0.2) is 96.8 Å². The Balaban J connectivity index is 0.000000350. The number of benzene rings is 2. The molecule has 0 aromatic heterocycles. The molecular weight excluding hydrogens is 540 g/mol. The van der Waals surface area contributed by atoms with E-state index in [0.29, 0.717) is 69.1 Å². The summed E-state index contributed by atoms with van der Waals surface area (Å²) in [7, 11) is 0. The highest BCUT2D eigenvalue weighted by molar-refractivity contribution is 6.30. The molecule has 1 N–H and O–H groups in total. The van der Waals surface area contributed by atoms with Gasteiger partial charge in [-0.2, -0.15) is 0 Å². The summed E-state index contributed by atoms with van der Waals surface area (Å²) in [5.41, 5.74) is 2.37. The summed E-state index contributed by atoms with van der Waals surface area (Å²) in [5, 5.41) is 9.34. The number of carbonyl (C=O) groups is 2. The number of rotatable bonds is 5. The van der Waals surface area contributed by atoms with Gasteiger partial charge in [0.2, 0.25) is 5.91 Å². The molecule has 0 bridgehead atoms. The maximum atomic E-state index is 14.8. The summed E-state index contributed by atoms with van der Waals surface area (Å²) in [6.45, 7) is 8.44. The van der Waals surface area contributed by atoms with E-state index in [0.717, 1.165) is 24.0 Å². The van der Waals surface area contributed by atoms with Crippen LogP contribution in [0, 0.1) is 31.4 Å². The van der Waals surface area contributed by atoms with Gasteiger partial charge in [-0.25, -0.2) is 8.78 Å². The van der Waals surface area contributed by atoms with Gasteiger partial charge in [-0.05, 0) is 56.0 Å². The number of carboxylic acid groups (broad SMARTS) is 1. The number of amides is 1. The Labute approximate surface area is 239 Å². The summed E-state index contributed by atoms with van der Waals surface area (Å²) in [5.74, 6) is -1.88. The molecule has 3 fully saturated rings. The van der Waals surface area contributed by atoms with E-state index in [-0.39, 0.29) is 35.9 Å². The number of halogens is 3. The highest BCUT2D eigenvalue weighted by Gasteiger charge is 2.44. The predicted molar refractivity (Wildman–Crippen MR) is 150 cm³/mol. The predicted octanol–water partition coefficient (Wildman–Crippen LogP) is 4.34. The van der Waals surface area contributed by atoms with Crippen LogP contribution in [-0.2, 0) is 14.3 Å². The molecule has 0 aliphatic carbocycles. The third-order valence-corrected chi connectivity index (χ3v) is 8.33. The van der Waals surface area contributed by atoms with Crippen LogP contribution in [0.3, 0.4) is 0 Å². The Bertz CT molecular complexity index is 1190. The molecule has 0 spiro atoms. The number of carboxylic acids is 1. The van der Waals surface area contributed by atoms with Gasteiger partial charge in [0.25, 0.3) is 0 Å². The Morgan fingerprint density at radius 2 is 1.68 bits per heavy atom. The second-order valence-corrected chi connectivity index (χ2v) is 11.4. The second-order valence-electron chi connectivity index (χ2n) is 10.9. The minimum atomic E-state index is -0.860. The molecule has 1 unspecified atom stereocenters. The van der Waals surface area contributed by atoms with Crippen LogP contribution in [0.15, 0.2) is 36.4 Å². The zero-order valence-corrected chi connectivity index (χ0v) is 23.9. The lowest BCUT2D eigenvalue weighted by Gasteiger charge is -2.36. The number of nitrogens with zero attached hydrogens (tertiary/aromatic N) is 3. The molecular formula is C30H38ClF2N3O4. The van der Waals surface area contributed by atoms with Gasteiger partial charge >= 0.3 is 5.97 Å². The lowest BCUT2D eigenvalue weighted by Crippen LogP contribution is -2.52. The van der Waals surface area contributed by atoms with Gasteiger partial charge in [0.15, 0.2) is 0 Å². The van der Waals surface area contributed by atoms with Crippen LogP contribution < -0.4 is 0 Å². The van der Waals surface area contributed by atoms with E-state index in [2.05, 4.69) is 4.90 Å². The van der Waals surface area contributed by atoms with Crippen molar-refractivity contribution in [2.24, 2.45) is 5.92 Å². The van der Waals surface area contributed by atoms with Crippen molar-refractivity contribution in [3.8, 4) is 0 Å². The monoisotopic (exact) mass is 577 g/mol. The lowest BCUT2D eigenvalue weighted by molar-refractivity contribution is -0.140. The first-order valence-electron chi connectivity index (χ1n) is 13.8. The first kappa shape index (κ1) is 30.4. The fraction of sp³-hybridized carbons (Fsp3) is 0.533. The standard InChI is InChI=1S/C22H29ClFN3O4.C8H9F/c23-15-1-2-17(20(24)11-15)18-12-27(16-3-9-31-10-4-16)13-19(18)22(30)26-7-5-25(6-8-26)14-21(28)29;1-6-3-4-8(9)7(2)5-6/h1-2,11,16,18-19H,3-10,12-14H2,(H,28,29);3-5H,1-2H3/t18-,19?;/m0./s1. The summed E-state index contributed by atoms with van der Waals surface area (Å²) in [4.78, 5) is 30.4. The van der Waals surface area contributed by atoms with E-state index in [1.54, 1.807) is 25.1 Å². The van der Waals surface area contributed by atoms with Gasteiger partial charge in [-0.1, -0.05) is 35.4 Å². The number of hydrogen-bond acceptors (Lipinski definition) is 5. The quantitative estimate of drug-likeness (QED) is 0.570. The minimum absolute atomic E-state index is 0.0123. The van der Waals surface area contributed by atoms with E-state index < -0.39 is 5.97 Å². The average Bonchev–Trinajstić information content (AvgIpc) is 3.37. The Morgan fingerprint density at radius 3 is 2.27 bits per heavy atom. The largest absolute Gasteiger partial charge is 0.480 e. The summed E-state index contributed by atoms with van der Waals surface area (Å²) in [6, 6.07) is 10.1. The van der Waals surface area contributed by atoms with Crippen molar-refractivity contribution in [2.45, 2.75) is 38.6 Å². The number of carbonyl (C=O) groups excluding carboxylic acids is 1. The van der Waals surface area contributed by atoms with Crippen LogP contribution >= 0.6 is 11.6 Å². The van der Waals surface area contributed by atoms with Gasteiger partial charge in [0, 0.05) is 69.5 Å². The molecule has 5 rings (SSSR count). The first-order chi connectivity index (χ1) is 19.1. The van der Waals surface area contributed by atoms with E-state index in [1.165, 1.54) is 12.1 Å². The number of ether oxygens (including phenoxy) is 1. The normalized spacial score (nSPS) is 22.6. The highest BCUT2D eigenvalue weighted by atomic mass is 35.5. The third-order valence-electron chi connectivity index (χ3n) is 8.09. The third kappa shape index (κ3) is 7.78. The maximum absolute atomic E-state index is 14.8. The molecule has 2 atom stereocenters. The zero-order valence-electron chi connectivity index (χ0n) is 23.1. The van der Waals surface area contributed by atoms with Gasteiger partial charge < -0.3 is 14.7 Å². The molecule has 2 aromatic rings. The van der Waals surface area contributed by atoms with Crippen molar-refractivity contribution >= 4 is 23.5 Å². The van der Waals surface area contributed by atoms with Gasteiger partial charge in [-0.3, -0.25) is 19.4 Å². The van der Waals surface area contributed by atoms with Crippen molar-refractivity contribution < 1.29 is 28.2 Å². The number of aryl methyl sites for hydroxylation is 2. The Morgan fingerprint density at radius 1 is 0.975 bits per heavy atom. The van der Waals surface area contributed by atoms with E-state index in [4.69, 9.17) is 21.4 Å². The highest BCUT2D eigenvalue weighted by Crippen LogP contribution is 2.38. The number of hydrogen-bond donors (Lipinski definition) is 1. The van der Waals surface area contributed by atoms with Gasteiger partial charge in [0.1, 0.15) is 11.6 Å². The van der Waals surface area contributed by atoms with E-state index in [9.17, 15) is 18.4 Å². The minimum Gasteiger partial charge on any atom is -0.480 e. The average molecular weight is 578 g/mol. The van der Waals surface area contributed by atoms with Crippen molar-refractivity contribution in [1.29, 1.82) is 0 Å². The number of piperazine rings is 1. The molecule has 40 heavy (non-hydrogen) atoms. The van der Waals surface area contributed by atoms with Crippen molar-refractivity contribution in [1.82, 2.24) is 14.7 Å². The second kappa shape index (κ2) is 13.9. The molecule has 10 heteroatoms. The topological polar surface area (TPSA) is 73.3 Å². The number of likely N-dealkylation sites (tertiary alicyclic amines) is 1. The molecule has 3 saturated heterocycles. The molecule has 2 aromatic carbocycles. The first-order valence-corrected chi connectivity index (χ1v) is 14.2. The summed E-state index contributed by atoms with van der Waals surface area (Å²) >= 11 is 5.96. The van der Waals surface area contributed by atoms with Gasteiger partial charge in [-0.15, -0.1) is 0 Å². The molecule has 3 heterocycles. The fourth-order valence-electron chi connectivity index (χ4n) is 5.90. The summed E-state index contributed by atoms with van der Waals surface area (Å²) in [6.07, 6.45) is 1.84. The van der Waals surface area contributed by atoms with Crippen LogP contribution in [0.5, 0.6) is 0 Å². The van der Waals surface area contributed by atoms with Crippen molar-refractivity contribution in [3.63, 3.8) is 0 Å². The maximum Gasteiger partial charge on any atom is 0.317 e. The Kier molecular flexibility index (Phi) is 10.5. The zero-order chi connectivity index (χ0) is 28.8. The fourth-order valence-corrected chi connectivity index (χ4v) is 6.06.